The highest BCUT2D eigenvalue weighted by atomic mass is 16.5. The number of benzene rings is 1. The zero-order chi connectivity index (χ0) is 13.9. The third-order valence-electron chi connectivity index (χ3n) is 3.12. The Morgan fingerprint density at radius 1 is 1.16 bits per heavy atom. The van der Waals surface area contributed by atoms with Crippen LogP contribution in [0.5, 0.6) is 0 Å². The van der Waals surface area contributed by atoms with Crippen LogP contribution in [0.25, 0.3) is 0 Å². The second-order valence-electron chi connectivity index (χ2n) is 5.08. The maximum absolute atomic E-state index is 5.07. The van der Waals surface area contributed by atoms with Gasteiger partial charge in [-0.25, -0.2) is 0 Å². The summed E-state index contributed by atoms with van der Waals surface area (Å²) in [6, 6.07) is 8.91. The lowest BCUT2D eigenvalue weighted by molar-refractivity contribution is 0.178. The maximum Gasteiger partial charge on any atom is 0.0474 e. The smallest absolute Gasteiger partial charge is 0.0474 e. The predicted octanol–water partition coefficient (Wildman–Crippen LogP) is 2.65. The molecule has 0 unspecified atom stereocenters. The minimum atomic E-state index is 0.840. The zero-order valence-electron chi connectivity index (χ0n) is 12.6. The Labute approximate surface area is 118 Å². The van der Waals surface area contributed by atoms with Gasteiger partial charge in [-0.2, -0.15) is 0 Å². The van der Waals surface area contributed by atoms with Crippen molar-refractivity contribution in [3.05, 3.63) is 35.4 Å². The van der Waals surface area contributed by atoms with Crippen LogP contribution in [-0.4, -0.2) is 38.8 Å². The van der Waals surface area contributed by atoms with E-state index in [1.165, 1.54) is 17.5 Å². The molecule has 0 heterocycles. The lowest BCUT2D eigenvalue weighted by Crippen LogP contribution is -2.20. The first-order valence-electron chi connectivity index (χ1n) is 7.22. The molecule has 3 heteroatoms. The van der Waals surface area contributed by atoms with E-state index in [0.717, 1.165) is 39.2 Å². The van der Waals surface area contributed by atoms with E-state index in [4.69, 9.17) is 4.74 Å². The Bertz CT molecular complexity index is 324. The molecule has 0 aromatic heterocycles. The molecule has 0 aliphatic heterocycles. The summed E-state index contributed by atoms with van der Waals surface area (Å²) in [6.45, 7) is 7.17. The second-order valence-corrected chi connectivity index (χ2v) is 5.08. The van der Waals surface area contributed by atoms with Gasteiger partial charge in [-0.3, -0.25) is 0 Å². The largest absolute Gasteiger partial charge is 0.385 e. The zero-order valence-corrected chi connectivity index (χ0v) is 12.6. The monoisotopic (exact) mass is 264 g/mol. The lowest BCUT2D eigenvalue weighted by Gasteiger charge is -2.16. The van der Waals surface area contributed by atoms with Crippen LogP contribution in [0.15, 0.2) is 24.3 Å². The highest BCUT2D eigenvalue weighted by Crippen LogP contribution is 2.07. The van der Waals surface area contributed by atoms with Gasteiger partial charge < -0.3 is 15.0 Å². The van der Waals surface area contributed by atoms with Crippen molar-refractivity contribution in [3.8, 4) is 0 Å². The number of nitrogens with zero attached hydrogens (tertiary/aromatic N) is 1. The lowest BCUT2D eigenvalue weighted by atomic mass is 10.1. The molecule has 0 bridgehead atoms. The third-order valence-corrected chi connectivity index (χ3v) is 3.12. The third kappa shape index (κ3) is 7.31. The number of rotatable bonds is 10. The first-order valence-corrected chi connectivity index (χ1v) is 7.22. The van der Waals surface area contributed by atoms with Gasteiger partial charge in [-0.05, 0) is 37.6 Å². The SMILES string of the molecule is CCCNCc1ccc(CN(C)CCCOC)cc1. The van der Waals surface area contributed by atoms with E-state index in [-0.39, 0.29) is 0 Å². The molecule has 1 rings (SSSR count). The van der Waals surface area contributed by atoms with Gasteiger partial charge in [0.1, 0.15) is 0 Å². The number of hydrogen-bond acceptors (Lipinski definition) is 3. The molecule has 0 aliphatic rings. The average Bonchev–Trinajstić information content (AvgIpc) is 2.41. The molecule has 0 aliphatic carbocycles. The Kier molecular flexibility index (Phi) is 8.47. The van der Waals surface area contributed by atoms with Crippen LogP contribution in [-0.2, 0) is 17.8 Å². The minimum absolute atomic E-state index is 0.840. The summed E-state index contributed by atoms with van der Waals surface area (Å²) < 4.78 is 5.07. The second kappa shape index (κ2) is 9.96. The number of nitrogens with one attached hydrogen (secondary N) is 1. The summed E-state index contributed by atoms with van der Waals surface area (Å²) in [6.07, 6.45) is 2.27. The summed E-state index contributed by atoms with van der Waals surface area (Å²) in [7, 11) is 3.91. The van der Waals surface area contributed by atoms with Gasteiger partial charge in [0.25, 0.3) is 0 Å². The fourth-order valence-electron chi connectivity index (χ4n) is 2.04. The van der Waals surface area contributed by atoms with E-state index in [1.54, 1.807) is 7.11 Å². The van der Waals surface area contributed by atoms with E-state index < -0.39 is 0 Å². The molecule has 0 amide bonds. The van der Waals surface area contributed by atoms with Gasteiger partial charge >= 0.3 is 0 Å². The number of hydrogen-bond donors (Lipinski definition) is 1. The summed E-state index contributed by atoms with van der Waals surface area (Å²) >= 11 is 0. The summed E-state index contributed by atoms with van der Waals surface area (Å²) in [5.41, 5.74) is 2.73. The average molecular weight is 264 g/mol. The molecular weight excluding hydrogens is 236 g/mol. The molecule has 0 atom stereocenters. The van der Waals surface area contributed by atoms with Crippen molar-refractivity contribution in [2.45, 2.75) is 32.9 Å². The Hall–Kier alpha value is -0.900. The Balaban J connectivity index is 2.30. The van der Waals surface area contributed by atoms with Crippen LogP contribution in [0.3, 0.4) is 0 Å². The Morgan fingerprint density at radius 3 is 2.47 bits per heavy atom. The van der Waals surface area contributed by atoms with E-state index in [2.05, 4.69) is 48.5 Å². The molecular formula is C16H28N2O. The molecule has 0 saturated carbocycles. The topological polar surface area (TPSA) is 24.5 Å². The molecule has 0 spiro atoms. The molecule has 3 nitrogen and oxygen atoms in total. The highest BCUT2D eigenvalue weighted by Gasteiger charge is 2.00. The molecule has 0 fully saturated rings. The standard InChI is InChI=1S/C16H28N2O/c1-4-10-17-13-15-6-8-16(9-7-15)14-18(2)11-5-12-19-3/h6-9,17H,4-5,10-14H2,1-3H3. The van der Waals surface area contributed by atoms with Gasteiger partial charge in [-0.1, -0.05) is 31.2 Å². The minimum Gasteiger partial charge on any atom is -0.385 e. The quantitative estimate of drug-likeness (QED) is 0.658. The van der Waals surface area contributed by atoms with Crippen molar-refractivity contribution in [1.29, 1.82) is 0 Å². The van der Waals surface area contributed by atoms with E-state index in [0.29, 0.717) is 0 Å². The van der Waals surface area contributed by atoms with E-state index in [9.17, 15) is 0 Å². The number of ether oxygens (including phenoxy) is 1. The number of methoxy groups -OCH3 is 1. The summed E-state index contributed by atoms with van der Waals surface area (Å²) in [5, 5.41) is 3.42. The fourth-order valence-corrected chi connectivity index (χ4v) is 2.04. The van der Waals surface area contributed by atoms with E-state index >= 15 is 0 Å². The molecule has 1 aromatic carbocycles. The van der Waals surface area contributed by atoms with Gasteiger partial charge in [0.05, 0.1) is 0 Å². The van der Waals surface area contributed by atoms with Crippen molar-refractivity contribution in [2.24, 2.45) is 0 Å². The normalized spacial score (nSPS) is 11.2. The van der Waals surface area contributed by atoms with Crippen LogP contribution in [0.2, 0.25) is 0 Å². The van der Waals surface area contributed by atoms with Crippen LogP contribution >= 0.6 is 0 Å². The summed E-state index contributed by atoms with van der Waals surface area (Å²) in [4.78, 5) is 2.34. The molecule has 0 saturated heterocycles. The van der Waals surface area contributed by atoms with Gasteiger partial charge in [0, 0.05) is 33.4 Å². The van der Waals surface area contributed by atoms with Crippen molar-refractivity contribution < 1.29 is 4.74 Å². The van der Waals surface area contributed by atoms with Crippen LogP contribution in [0.4, 0.5) is 0 Å². The van der Waals surface area contributed by atoms with Crippen LogP contribution in [0.1, 0.15) is 30.9 Å². The van der Waals surface area contributed by atoms with Crippen LogP contribution in [0, 0.1) is 0 Å². The summed E-state index contributed by atoms with van der Waals surface area (Å²) in [5.74, 6) is 0. The van der Waals surface area contributed by atoms with Crippen LogP contribution < -0.4 is 5.32 Å². The van der Waals surface area contributed by atoms with Gasteiger partial charge in [0.2, 0.25) is 0 Å². The molecule has 0 radical (unpaired) electrons. The first kappa shape index (κ1) is 16.2. The van der Waals surface area contributed by atoms with Gasteiger partial charge in [0.15, 0.2) is 0 Å². The van der Waals surface area contributed by atoms with Crippen molar-refractivity contribution in [2.75, 3.05) is 33.9 Å². The molecule has 19 heavy (non-hydrogen) atoms. The Morgan fingerprint density at radius 2 is 1.84 bits per heavy atom. The van der Waals surface area contributed by atoms with Gasteiger partial charge in [-0.15, -0.1) is 0 Å². The molecule has 1 N–H and O–H groups in total. The van der Waals surface area contributed by atoms with E-state index in [1.807, 2.05) is 0 Å². The fraction of sp³-hybridized carbons (Fsp3) is 0.625. The maximum atomic E-state index is 5.07. The van der Waals surface area contributed by atoms with Crippen molar-refractivity contribution in [3.63, 3.8) is 0 Å². The predicted molar refractivity (Wildman–Crippen MR) is 81.3 cm³/mol. The van der Waals surface area contributed by atoms with Crippen molar-refractivity contribution >= 4 is 0 Å². The molecule has 1 aromatic rings. The van der Waals surface area contributed by atoms with Crippen molar-refractivity contribution in [1.82, 2.24) is 10.2 Å². The molecule has 108 valence electrons. The first-order chi connectivity index (χ1) is 9.26. The highest BCUT2D eigenvalue weighted by molar-refractivity contribution is 5.22.